The van der Waals surface area contributed by atoms with Gasteiger partial charge in [0, 0.05) is 19.6 Å². The molecule has 0 spiro atoms. The molecule has 1 aliphatic carbocycles. The van der Waals surface area contributed by atoms with Crippen LogP contribution in [0.15, 0.2) is 0 Å². The van der Waals surface area contributed by atoms with Crippen molar-refractivity contribution >= 4 is 35.6 Å². The number of nitrogens with zero attached hydrogens (tertiary/aromatic N) is 2. The van der Waals surface area contributed by atoms with Gasteiger partial charge in [0.15, 0.2) is 0 Å². The third kappa shape index (κ3) is 9.57. The number of urea groups is 1. The van der Waals surface area contributed by atoms with Crippen LogP contribution in [0.25, 0.3) is 0 Å². The zero-order chi connectivity index (χ0) is 34.6. The summed E-state index contributed by atoms with van der Waals surface area (Å²) in [5.41, 5.74) is 4.17. The van der Waals surface area contributed by atoms with Crippen molar-refractivity contribution in [3.63, 3.8) is 0 Å². The van der Waals surface area contributed by atoms with Crippen molar-refractivity contribution in [2.24, 2.45) is 34.3 Å². The predicted octanol–water partition coefficient (Wildman–Crippen LogP) is 2.56. The first-order valence-electron chi connectivity index (χ1n) is 16.7. The Morgan fingerprint density at radius 1 is 0.957 bits per heavy atom. The Morgan fingerprint density at radius 2 is 1.61 bits per heavy atom. The minimum Gasteiger partial charge on any atom is -0.449 e. The lowest BCUT2D eigenvalue weighted by molar-refractivity contribution is -0.143. The molecule has 0 radical (unpaired) electrons. The zero-order valence-corrected chi connectivity index (χ0v) is 28.9. The number of primary amides is 1. The summed E-state index contributed by atoms with van der Waals surface area (Å²) in [5.74, 6) is -2.44. The summed E-state index contributed by atoms with van der Waals surface area (Å²) >= 11 is 0. The van der Waals surface area contributed by atoms with E-state index in [0.717, 1.165) is 19.3 Å². The molecular formula is C33H56N6O7. The van der Waals surface area contributed by atoms with E-state index in [1.807, 2.05) is 55.4 Å². The third-order valence-corrected chi connectivity index (χ3v) is 9.73. The molecule has 5 atom stereocenters. The maximum Gasteiger partial charge on any atom is 0.409 e. The van der Waals surface area contributed by atoms with Crippen molar-refractivity contribution in [3.8, 4) is 0 Å². The van der Waals surface area contributed by atoms with Gasteiger partial charge in [-0.2, -0.15) is 0 Å². The molecule has 6 amide bonds. The first kappa shape index (κ1) is 37.1. The first-order chi connectivity index (χ1) is 21.3. The summed E-state index contributed by atoms with van der Waals surface area (Å²) in [6.45, 7) is 16.9. The highest BCUT2D eigenvalue weighted by Crippen LogP contribution is 2.34. The second-order valence-corrected chi connectivity index (χ2v) is 15.8. The summed E-state index contributed by atoms with van der Waals surface area (Å²) in [4.78, 5) is 81.5. The lowest BCUT2D eigenvalue weighted by Gasteiger charge is -2.39. The average Bonchev–Trinajstić information content (AvgIpc) is 3.38. The van der Waals surface area contributed by atoms with Gasteiger partial charge in [0.2, 0.25) is 17.6 Å². The van der Waals surface area contributed by atoms with Gasteiger partial charge in [-0.15, -0.1) is 0 Å². The Hall–Kier alpha value is -3.38. The van der Waals surface area contributed by atoms with Crippen molar-refractivity contribution in [1.29, 1.82) is 0 Å². The molecule has 13 nitrogen and oxygen atoms in total. The van der Waals surface area contributed by atoms with Crippen LogP contribution in [0.1, 0.15) is 93.9 Å². The second-order valence-electron chi connectivity index (χ2n) is 15.8. The molecule has 3 aliphatic rings. The quantitative estimate of drug-likeness (QED) is 0.235. The van der Waals surface area contributed by atoms with E-state index in [9.17, 15) is 28.8 Å². The molecule has 3 fully saturated rings. The molecule has 0 aromatic carbocycles. The average molecular weight is 649 g/mol. The lowest BCUT2D eigenvalue weighted by Crippen LogP contribution is -2.62. The highest BCUT2D eigenvalue weighted by Gasteiger charge is 2.46. The van der Waals surface area contributed by atoms with Gasteiger partial charge in [-0.05, 0) is 47.8 Å². The Morgan fingerprint density at radius 3 is 2.11 bits per heavy atom. The fourth-order valence-corrected chi connectivity index (χ4v) is 6.24. The second kappa shape index (κ2) is 15.0. The van der Waals surface area contributed by atoms with Crippen LogP contribution >= 0.6 is 0 Å². The highest BCUT2D eigenvalue weighted by atomic mass is 16.6. The van der Waals surface area contributed by atoms with E-state index in [-0.39, 0.29) is 24.3 Å². The SMILES string of the molecule is CC(C)[C@@H]1CC(C(=O)NC(CC2CCC2)C(=O)C(N)=O)N(C(=O)[C@@H](NC(=O)NC(CN2CCCOC2=O)C(C)(C)C)C(C)(C)C)C1. The van der Waals surface area contributed by atoms with Crippen molar-refractivity contribution in [2.75, 3.05) is 26.2 Å². The minimum atomic E-state index is -1.10. The van der Waals surface area contributed by atoms with Crippen LogP contribution in [0.4, 0.5) is 9.59 Å². The number of ether oxygens (including phenoxy) is 1. The van der Waals surface area contributed by atoms with Crippen LogP contribution in [0.2, 0.25) is 0 Å². The summed E-state index contributed by atoms with van der Waals surface area (Å²) in [6.07, 6.45) is 3.87. The maximum atomic E-state index is 14.3. The molecule has 1 saturated carbocycles. The minimum absolute atomic E-state index is 0.0145. The zero-order valence-electron chi connectivity index (χ0n) is 28.9. The Balaban J connectivity index is 1.80. The van der Waals surface area contributed by atoms with Gasteiger partial charge in [0.25, 0.3) is 5.91 Å². The van der Waals surface area contributed by atoms with Crippen LogP contribution in [-0.4, -0.2) is 95.8 Å². The number of carbonyl (C=O) groups is 6. The smallest absolute Gasteiger partial charge is 0.409 e. The van der Waals surface area contributed by atoms with Gasteiger partial charge < -0.3 is 36.2 Å². The van der Waals surface area contributed by atoms with Gasteiger partial charge in [-0.3, -0.25) is 19.2 Å². The number of likely N-dealkylation sites (tertiary alicyclic amines) is 1. The van der Waals surface area contributed by atoms with Crippen LogP contribution in [-0.2, 0) is 23.9 Å². The first-order valence-corrected chi connectivity index (χ1v) is 16.7. The Kier molecular flexibility index (Phi) is 12.1. The molecule has 2 heterocycles. The number of cyclic esters (lactones) is 1. The van der Waals surface area contributed by atoms with Gasteiger partial charge in [0.1, 0.15) is 12.1 Å². The van der Waals surface area contributed by atoms with Crippen LogP contribution in [0.3, 0.4) is 0 Å². The van der Waals surface area contributed by atoms with Crippen LogP contribution in [0.5, 0.6) is 0 Å². The molecule has 5 N–H and O–H groups in total. The summed E-state index contributed by atoms with van der Waals surface area (Å²) in [6, 6.07) is -3.93. The van der Waals surface area contributed by atoms with E-state index in [2.05, 4.69) is 16.0 Å². The number of nitrogens with two attached hydrogens (primary N) is 1. The van der Waals surface area contributed by atoms with E-state index in [4.69, 9.17) is 10.5 Å². The maximum absolute atomic E-state index is 14.3. The summed E-state index contributed by atoms with van der Waals surface area (Å²) < 4.78 is 5.17. The molecule has 13 heteroatoms. The number of Topliss-reactive ketones (excluding diaryl/α,β-unsaturated/α-hetero) is 1. The van der Waals surface area contributed by atoms with Crippen molar-refractivity contribution in [2.45, 2.75) is 118 Å². The molecule has 260 valence electrons. The predicted molar refractivity (Wildman–Crippen MR) is 172 cm³/mol. The number of carbonyl (C=O) groups excluding carboxylic acids is 6. The lowest BCUT2D eigenvalue weighted by atomic mass is 9.80. The molecule has 0 aromatic rings. The molecular weight excluding hydrogens is 592 g/mol. The topological polar surface area (TPSA) is 180 Å². The van der Waals surface area contributed by atoms with Gasteiger partial charge in [0.05, 0.1) is 18.7 Å². The third-order valence-electron chi connectivity index (χ3n) is 9.73. The number of amides is 6. The monoisotopic (exact) mass is 648 g/mol. The molecule has 2 saturated heterocycles. The van der Waals surface area contributed by atoms with Crippen molar-refractivity contribution < 1.29 is 33.5 Å². The van der Waals surface area contributed by atoms with Crippen molar-refractivity contribution in [3.05, 3.63) is 0 Å². The fourth-order valence-electron chi connectivity index (χ4n) is 6.24. The van der Waals surface area contributed by atoms with E-state index in [1.54, 1.807) is 4.90 Å². The number of rotatable bonds is 12. The number of nitrogens with one attached hydrogen (secondary N) is 3. The van der Waals surface area contributed by atoms with Gasteiger partial charge >= 0.3 is 12.1 Å². The summed E-state index contributed by atoms with van der Waals surface area (Å²) in [5, 5.41) is 8.62. The number of hydrogen-bond donors (Lipinski definition) is 4. The number of ketones is 1. The van der Waals surface area contributed by atoms with E-state index in [0.29, 0.717) is 39.0 Å². The van der Waals surface area contributed by atoms with E-state index in [1.165, 1.54) is 4.90 Å². The normalized spacial score (nSPS) is 22.8. The fraction of sp³-hybridized carbons (Fsp3) is 0.818. The van der Waals surface area contributed by atoms with E-state index < -0.39 is 70.6 Å². The van der Waals surface area contributed by atoms with Crippen LogP contribution in [0, 0.1) is 28.6 Å². The Labute approximate surface area is 273 Å². The highest BCUT2D eigenvalue weighted by molar-refractivity contribution is 6.37. The van der Waals surface area contributed by atoms with Gasteiger partial charge in [-0.25, -0.2) is 9.59 Å². The van der Waals surface area contributed by atoms with Crippen LogP contribution < -0.4 is 21.7 Å². The molecule has 46 heavy (non-hydrogen) atoms. The number of hydrogen-bond acceptors (Lipinski definition) is 7. The summed E-state index contributed by atoms with van der Waals surface area (Å²) in [7, 11) is 0. The van der Waals surface area contributed by atoms with Gasteiger partial charge in [-0.1, -0.05) is 74.7 Å². The molecule has 3 rings (SSSR count). The molecule has 0 bridgehead atoms. The largest absolute Gasteiger partial charge is 0.449 e. The molecule has 0 aromatic heterocycles. The van der Waals surface area contributed by atoms with Crippen molar-refractivity contribution in [1.82, 2.24) is 25.8 Å². The van der Waals surface area contributed by atoms with E-state index >= 15 is 0 Å². The standard InChI is InChI=1S/C33H56N6O7/c1-19(2)21-16-23(28(42)35-22(25(40)27(34)41)15-20-11-9-12-20)39(17-21)29(43)26(33(6,7)8)37-30(44)36-24(32(3,4)5)18-38-13-10-14-46-31(38)45/h19-24,26H,9-18H2,1-8H3,(H2,34,41)(H,35,42)(H2,36,37,44)/t21-,22?,23?,24?,26-/m1/s1. The Bertz CT molecular complexity index is 1160. The molecule has 2 aliphatic heterocycles. The molecule has 3 unspecified atom stereocenters.